The molecule has 2 N–H and O–H groups in total. The highest BCUT2D eigenvalue weighted by Crippen LogP contribution is 2.06. The maximum Gasteiger partial charge on any atom is 0.242 e. The largest absolute Gasteiger partial charge is 0.383 e. The molecule has 1 aromatic carbocycles. The second-order valence-corrected chi connectivity index (χ2v) is 5.11. The lowest BCUT2D eigenvalue weighted by atomic mass is 10.2. The molecule has 0 fully saturated rings. The summed E-state index contributed by atoms with van der Waals surface area (Å²) >= 11 is 0. The zero-order chi connectivity index (χ0) is 15.0. The van der Waals surface area contributed by atoms with Crippen LogP contribution in [0, 0.1) is 0 Å². The van der Waals surface area contributed by atoms with E-state index in [1.807, 2.05) is 49.3 Å². The predicted molar refractivity (Wildman–Crippen MR) is 80.3 cm³/mol. The Labute approximate surface area is 121 Å². The predicted octanol–water partition coefficient (Wildman–Crippen LogP) is 0.551. The van der Waals surface area contributed by atoms with Gasteiger partial charge in [-0.1, -0.05) is 30.3 Å². The van der Waals surface area contributed by atoms with Crippen molar-refractivity contribution < 1.29 is 9.53 Å². The quantitative estimate of drug-likeness (QED) is 0.755. The highest BCUT2D eigenvalue weighted by Gasteiger charge is 2.21. The topological polar surface area (TPSA) is 58.8 Å². The molecule has 1 aromatic rings. The Balaban J connectivity index is 2.71. The zero-order valence-electron chi connectivity index (χ0n) is 12.6. The van der Waals surface area contributed by atoms with Crippen molar-refractivity contribution in [3.8, 4) is 0 Å². The lowest BCUT2D eigenvalue weighted by molar-refractivity contribution is -0.134. The van der Waals surface area contributed by atoms with Gasteiger partial charge in [0.1, 0.15) is 6.04 Å². The highest BCUT2D eigenvalue weighted by atomic mass is 16.5. The van der Waals surface area contributed by atoms with E-state index in [0.717, 1.165) is 12.1 Å². The number of methoxy groups -OCH3 is 1. The fourth-order valence-corrected chi connectivity index (χ4v) is 1.88. The third kappa shape index (κ3) is 5.69. The van der Waals surface area contributed by atoms with Gasteiger partial charge in [0.2, 0.25) is 5.91 Å². The van der Waals surface area contributed by atoms with E-state index in [1.165, 1.54) is 0 Å². The number of carbonyl (C=O) groups excluding carboxylic acids is 1. The summed E-state index contributed by atoms with van der Waals surface area (Å²) in [6, 6.07) is 9.32. The van der Waals surface area contributed by atoms with Gasteiger partial charge in [-0.2, -0.15) is 0 Å². The van der Waals surface area contributed by atoms with Crippen LogP contribution in [0.2, 0.25) is 0 Å². The fourth-order valence-electron chi connectivity index (χ4n) is 1.88. The molecule has 0 aromatic heterocycles. The molecule has 1 atom stereocenters. The van der Waals surface area contributed by atoms with Gasteiger partial charge in [-0.25, -0.2) is 0 Å². The van der Waals surface area contributed by atoms with Gasteiger partial charge in [-0.05, 0) is 19.7 Å². The third-order valence-corrected chi connectivity index (χ3v) is 3.01. The van der Waals surface area contributed by atoms with Crippen molar-refractivity contribution in [3.05, 3.63) is 35.9 Å². The van der Waals surface area contributed by atoms with Crippen LogP contribution >= 0.6 is 0 Å². The molecule has 0 aliphatic carbocycles. The SMILES string of the molecule is COCC(N)C(=O)N(CCN(C)C)Cc1ccccc1. The fraction of sp³-hybridized carbons (Fsp3) is 0.533. The van der Waals surface area contributed by atoms with Crippen molar-refractivity contribution >= 4 is 5.91 Å². The molecular weight excluding hydrogens is 254 g/mol. The van der Waals surface area contributed by atoms with Gasteiger partial charge in [-0.3, -0.25) is 4.79 Å². The molecule has 0 bridgehead atoms. The Hall–Kier alpha value is -1.43. The van der Waals surface area contributed by atoms with Crippen molar-refractivity contribution in [1.82, 2.24) is 9.80 Å². The van der Waals surface area contributed by atoms with Crippen molar-refractivity contribution in [2.24, 2.45) is 5.73 Å². The number of rotatable bonds is 8. The van der Waals surface area contributed by atoms with E-state index in [-0.39, 0.29) is 12.5 Å². The van der Waals surface area contributed by atoms with E-state index < -0.39 is 6.04 Å². The molecule has 20 heavy (non-hydrogen) atoms. The van der Waals surface area contributed by atoms with Crippen LogP contribution in [0.25, 0.3) is 0 Å². The van der Waals surface area contributed by atoms with Gasteiger partial charge in [-0.15, -0.1) is 0 Å². The molecule has 0 saturated carbocycles. The molecule has 0 aliphatic rings. The van der Waals surface area contributed by atoms with Crippen molar-refractivity contribution in [2.75, 3.05) is 40.9 Å². The van der Waals surface area contributed by atoms with E-state index in [9.17, 15) is 4.79 Å². The molecule has 0 spiro atoms. The molecule has 5 heteroatoms. The smallest absolute Gasteiger partial charge is 0.242 e. The van der Waals surface area contributed by atoms with E-state index in [4.69, 9.17) is 10.5 Å². The number of benzene rings is 1. The summed E-state index contributed by atoms with van der Waals surface area (Å²) in [5.41, 5.74) is 6.96. The molecule has 1 amide bonds. The first-order valence-electron chi connectivity index (χ1n) is 6.76. The Kier molecular flexibility index (Phi) is 7.22. The summed E-state index contributed by atoms with van der Waals surface area (Å²) < 4.78 is 4.97. The molecule has 0 saturated heterocycles. The van der Waals surface area contributed by atoms with Crippen molar-refractivity contribution in [3.63, 3.8) is 0 Å². The number of ether oxygens (including phenoxy) is 1. The summed E-state index contributed by atoms with van der Waals surface area (Å²) in [4.78, 5) is 16.2. The lowest BCUT2D eigenvalue weighted by Gasteiger charge is -2.27. The van der Waals surface area contributed by atoms with Gasteiger partial charge in [0.05, 0.1) is 6.61 Å². The number of hydrogen-bond donors (Lipinski definition) is 1. The summed E-state index contributed by atoms with van der Waals surface area (Å²) in [7, 11) is 5.52. The average molecular weight is 279 g/mol. The van der Waals surface area contributed by atoms with E-state index in [2.05, 4.69) is 0 Å². The van der Waals surface area contributed by atoms with E-state index in [1.54, 1.807) is 12.0 Å². The Bertz CT molecular complexity index is 395. The summed E-state index contributed by atoms with van der Waals surface area (Å²) in [6.07, 6.45) is 0. The molecule has 5 nitrogen and oxygen atoms in total. The molecule has 0 aliphatic heterocycles. The van der Waals surface area contributed by atoms with Gasteiger partial charge in [0.15, 0.2) is 0 Å². The highest BCUT2D eigenvalue weighted by molar-refractivity contribution is 5.81. The van der Waals surface area contributed by atoms with Crippen molar-refractivity contribution in [2.45, 2.75) is 12.6 Å². The first-order chi connectivity index (χ1) is 9.54. The number of amides is 1. The maximum absolute atomic E-state index is 12.4. The molecule has 0 heterocycles. The van der Waals surface area contributed by atoms with Crippen LogP contribution in [-0.4, -0.2) is 62.7 Å². The minimum atomic E-state index is -0.606. The molecule has 1 unspecified atom stereocenters. The number of carbonyl (C=O) groups is 1. The number of likely N-dealkylation sites (N-methyl/N-ethyl adjacent to an activating group) is 1. The second kappa shape index (κ2) is 8.68. The Morgan fingerprint density at radius 2 is 1.90 bits per heavy atom. The average Bonchev–Trinajstić information content (AvgIpc) is 2.44. The van der Waals surface area contributed by atoms with Crippen LogP contribution in [-0.2, 0) is 16.1 Å². The zero-order valence-corrected chi connectivity index (χ0v) is 12.6. The maximum atomic E-state index is 12.4. The van der Waals surface area contributed by atoms with Gasteiger partial charge >= 0.3 is 0 Å². The molecular formula is C15H25N3O2. The second-order valence-electron chi connectivity index (χ2n) is 5.11. The number of nitrogens with two attached hydrogens (primary N) is 1. The van der Waals surface area contributed by atoms with Crippen LogP contribution < -0.4 is 5.73 Å². The van der Waals surface area contributed by atoms with Gasteiger partial charge < -0.3 is 20.3 Å². The normalized spacial score (nSPS) is 12.4. The summed E-state index contributed by atoms with van der Waals surface area (Å²) in [5, 5.41) is 0. The monoisotopic (exact) mass is 279 g/mol. The summed E-state index contributed by atoms with van der Waals surface area (Å²) in [5.74, 6) is -0.0717. The van der Waals surface area contributed by atoms with Crippen molar-refractivity contribution in [1.29, 1.82) is 0 Å². The molecule has 1 rings (SSSR count). The molecule has 0 radical (unpaired) electrons. The Morgan fingerprint density at radius 3 is 2.45 bits per heavy atom. The molecule has 112 valence electrons. The standard InChI is InChI=1S/C15H25N3O2/c1-17(2)9-10-18(15(19)14(16)12-20-3)11-13-7-5-4-6-8-13/h4-8,14H,9-12,16H2,1-3H3. The first-order valence-corrected chi connectivity index (χ1v) is 6.76. The van der Waals surface area contributed by atoms with Crippen LogP contribution in [0.15, 0.2) is 30.3 Å². The summed E-state index contributed by atoms with van der Waals surface area (Å²) in [6.45, 7) is 2.27. The van der Waals surface area contributed by atoms with Gasteiger partial charge in [0.25, 0.3) is 0 Å². The third-order valence-electron chi connectivity index (χ3n) is 3.01. The van der Waals surface area contributed by atoms with E-state index >= 15 is 0 Å². The van der Waals surface area contributed by atoms with Gasteiger partial charge in [0, 0.05) is 26.7 Å². The minimum absolute atomic E-state index is 0.0717. The van der Waals surface area contributed by atoms with Crippen LogP contribution in [0.5, 0.6) is 0 Å². The number of nitrogens with zero attached hydrogens (tertiary/aromatic N) is 2. The Morgan fingerprint density at radius 1 is 1.25 bits per heavy atom. The van der Waals surface area contributed by atoms with Crippen LogP contribution in [0.4, 0.5) is 0 Å². The lowest BCUT2D eigenvalue weighted by Crippen LogP contribution is -2.47. The minimum Gasteiger partial charge on any atom is -0.383 e. The number of hydrogen-bond acceptors (Lipinski definition) is 4. The first kappa shape index (κ1) is 16.6. The van der Waals surface area contributed by atoms with Crippen LogP contribution in [0.1, 0.15) is 5.56 Å². The van der Waals surface area contributed by atoms with E-state index in [0.29, 0.717) is 13.1 Å². The van der Waals surface area contributed by atoms with Crippen LogP contribution in [0.3, 0.4) is 0 Å².